The van der Waals surface area contributed by atoms with Crippen LogP contribution in [0.15, 0.2) is 41.0 Å². The summed E-state index contributed by atoms with van der Waals surface area (Å²) in [6.45, 7) is 3.41. The van der Waals surface area contributed by atoms with E-state index in [0.29, 0.717) is 24.5 Å². The van der Waals surface area contributed by atoms with E-state index in [1.807, 2.05) is 31.2 Å². The third kappa shape index (κ3) is 3.69. The molecule has 1 amide bonds. The van der Waals surface area contributed by atoms with Crippen LogP contribution >= 0.6 is 0 Å². The highest BCUT2D eigenvalue weighted by Crippen LogP contribution is 2.14. The van der Waals surface area contributed by atoms with E-state index in [2.05, 4.69) is 5.32 Å². The maximum atomic E-state index is 12.0. The predicted octanol–water partition coefficient (Wildman–Crippen LogP) is 2.53. The summed E-state index contributed by atoms with van der Waals surface area (Å²) >= 11 is 0. The van der Waals surface area contributed by atoms with Gasteiger partial charge in [0.2, 0.25) is 0 Å². The summed E-state index contributed by atoms with van der Waals surface area (Å²) in [5.74, 6) is 0.363. The fourth-order valence-corrected chi connectivity index (χ4v) is 1.77. The van der Waals surface area contributed by atoms with E-state index in [1.165, 1.54) is 6.26 Å². The predicted molar refractivity (Wildman–Crippen MR) is 76.3 cm³/mol. The molecule has 0 aliphatic heterocycles. The summed E-state index contributed by atoms with van der Waals surface area (Å²) in [4.78, 5) is 12.0. The third-order valence-corrected chi connectivity index (χ3v) is 2.77. The molecule has 0 aliphatic carbocycles. The third-order valence-electron chi connectivity index (χ3n) is 2.77. The molecular weight excluding hydrogens is 256 g/mol. The number of anilines is 1. The van der Waals surface area contributed by atoms with Crippen LogP contribution in [0.1, 0.15) is 28.6 Å². The monoisotopic (exact) mass is 274 g/mol. The number of nitrogens with two attached hydrogens (primary N) is 1. The molecule has 2 rings (SSSR count). The molecule has 1 heterocycles. The Bertz CT molecular complexity index is 578. The highest BCUT2D eigenvalue weighted by Gasteiger charge is 2.10. The minimum absolute atomic E-state index is 0.220. The summed E-state index contributed by atoms with van der Waals surface area (Å²) in [6.07, 6.45) is 1.40. The number of rotatable bonds is 6. The molecule has 5 heteroatoms. The minimum Gasteiger partial charge on any atom is -0.467 e. The number of hydrogen-bond donors (Lipinski definition) is 2. The summed E-state index contributed by atoms with van der Waals surface area (Å²) in [7, 11) is 0. The van der Waals surface area contributed by atoms with Crippen molar-refractivity contribution in [2.75, 3.05) is 11.9 Å². The number of nitrogens with one attached hydrogen (secondary N) is 1. The molecule has 3 N–H and O–H groups in total. The van der Waals surface area contributed by atoms with Gasteiger partial charge in [0.15, 0.2) is 0 Å². The van der Waals surface area contributed by atoms with Gasteiger partial charge in [-0.2, -0.15) is 0 Å². The van der Waals surface area contributed by atoms with Gasteiger partial charge in [0.05, 0.1) is 18.7 Å². The van der Waals surface area contributed by atoms with Gasteiger partial charge in [-0.15, -0.1) is 0 Å². The number of carbonyl (C=O) groups is 1. The molecule has 0 bridgehead atoms. The molecule has 0 radical (unpaired) electrons. The first kappa shape index (κ1) is 14.3. The second-order valence-electron chi connectivity index (χ2n) is 4.30. The van der Waals surface area contributed by atoms with E-state index in [-0.39, 0.29) is 12.5 Å². The first-order chi connectivity index (χ1) is 9.72. The fraction of sp³-hybridized carbons (Fsp3) is 0.267. The molecule has 0 atom stereocenters. The Kier molecular flexibility index (Phi) is 4.92. The second-order valence-corrected chi connectivity index (χ2v) is 4.30. The van der Waals surface area contributed by atoms with Gasteiger partial charge in [-0.25, -0.2) is 0 Å². The number of amides is 1. The Balaban J connectivity index is 2.03. The molecule has 0 saturated heterocycles. The molecule has 0 aliphatic rings. The Labute approximate surface area is 117 Å². The lowest BCUT2D eigenvalue weighted by Crippen LogP contribution is -2.11. The van der Waals surface area contributed by atoms with Crippen LogP contribution in [0.25, 0.3) is 0 Å². The quantitative estimate of drug-likeness (QED) is 0.848. The second kappa shape index (κ2) is 6.88. The van der Waals surface area contributed by atoms with E-state index < -0.39 is 0 Å². The summed E-state index contributed by atoms with van der Waals surface area (Å²) in [6, 6.07) is 9.19. The Hall–Kier alpha value is -2.11. The van der Waals surface area contributed by atoms with Crippen LogP contribution in [-0.4, -0.2) is 12.5 Å². The van der Waals surface area contributed by atoms with E-state index in [9.17, 15) is 4.79 Å². The van der Waals surface area contributed by atoms with E-state index in [4.69, 9.17) is 14.9 Å². The number of carbonyl (C=O) groups excluding carboxylic acids is 1. The van der Waals surface area contributed by atoms with Crippen molar-refractivity contribution in [3.63, 3.8) is 0 Å². The fourth-order valence-electron chi connectivity index (χ4n) is 1.77. The van der Waals surface area contributed by atoms with Crippen LogP contribution in [0.2, 0.25) is 0 Å². The molecular formula is C15H18N2O3. The number of ether oxygens (including phenoxy) is 1. The average molecular weight is 274 g/mol. The van der Waals surface area contributed by atoms with Crippen LogP contribution in [0.5, 0.6) is 0 Å². The molecule has 1 aromatic carbocycles. The number of benzene rings is 1. The van der Waals surface area contributed by atoms with E-state index in [1.54, 1.807) is 6.07 Å². The van der Waals surface area contributed by atoms with Crippen molar-refractivity contribution < 1.29 is 13.9 Å². The zero-order valence-corrected chi connectivity index (χ0v) is 11.4. The topological polar surface area (TPSA) is 77.5 Å². The maximum Gasteiger partial charge on any atom is 0.258 e. The normalized spacial score (nSPS) is 10.5. The highest BCUT2D eigenvalue weighted by atomic mass is 16.5. The maximum absolute atomic E-state index is 12.0. The standard InChI is InChI=1S/C15H18N2O3/c1-2-19-9-11-4-3-5-13(6-11)17-15(18)12-7-14(8-16)20-10-12/h3-7,10H,2,8-9,16H2,1H3,(H,17,18). The number of furan rings is 1. The van der Waals surface area contributed by atoms with E-state index in [0.717, 1.165) is 11.3 Å². The van der Waals surface area contributed by atoms with Crippen LogP contribution in [0, 0.1) is 0 Å². The van der Waals surface area contributed by atoms with Gasteiger partial charge in [-0.05, 0) is 30.7 Å². The Morgan fingerprint density at radius 2 is 2.25 bits per heavy atom. The molecule has 0 unspecified atom stereocenters. The summed E-state index contributed by atoms with van der Waals surface area (Å²) < 4.78 is 10.5. The lowest BCUT2D eigenvalue weighted by molar-refractivity contribution is 0.102. The van der Waals surface area contributed by atoms with Crippen molar-refractivity contribution in [2.45, 2.75) is 20.1 Å². The zero-order chi connectivity index (χ0) is 14.4. The van der Waals surface area contributed by atoms with Crippen molar-refractivity contribution in [1.82, 2.24) is 0 Å². The van der Waals surface area contributed by atoms with Gasteiger partial charge in [-0.3, -0.25) is 4.79 Å². The van der Waals surface area contributed by atoms with Crippen LogP contribution < -0.4 is 11.1 Å². The highest BCUT2D eigenvalue weighted by molar-refractivity contribution is 6.04. The molecule has 0 fully saturated rings. The molecule has 0 saturated carbocycles. The van der Waals surface area contributed by atoms with Crippen LogP contribution in [-0.2, 0) is 17.9 Å². The first-order valence-corrected chi connectivity index (χ1v) is 6.48. The molecule has 5 nitrogen and oxygen atoms in total. The van der Waals surface area contributed by atoms with Crippen LogP contribution in [0.4, 0.5) is 5.69 Å². The average Bonchev–Trinajstić information content (AvgIpc) is 2.94. The van der Waals surface area contributed by atoms with Gasteiger partial charge in [-0.1, -0.05) is 12.1 Å². The SMILES string of the molecule is CCOCc1cccc(NC(=O)c2coc(CN)c2)c1. The van der Waals surface area contributed by atoms with Crippen molar-refractivity contribution in [3.8, 4) is 0 Å². The zero-order valence-electron chi connectivity index (χ0n) is 11.4. The van der Waals surface area contributed by atoms with Crippen molar-refractivity contribution in [3.05, 3.63) is 53.5 Å². The Morgan fingerprint density at radius 3 is 2.95 bits per heavy atom. The van der Waals surface area contributed by atoms with Crippen molar-refractivity contribution in [2.24, 2.45) is 5.73 Å². The van der Waals surface area contributed by atoms with Crippen molar-refractivity contribution in [1.29, 1.82) is 0 Å². The first-order valence-electron chi connectivity index (χ1n) is 6.48. The smallest absolute Gasteiger partial charge is 0.258 e. The molecule has 20 heavy (non-hydrogen) atoms. The molecule has 106 valence electrons. The van der Waals surface area contributed by atoms with Gasteiger partial charge in [0.25, 0.3) is 5.91 Å². The molecule has 1 aromatic heterocycles. The minimum atomic E-state index is -0.220. The largest absolute Gasteiger partial charge is 0.467 e. The van der Waals surface area contributed by atoms with Crippen molar-refractivity contribution >= 4 is 11.6 Å². The Morgan fingerprint density at radius 1 is 1.40 bits per heavy atom. The molecule has 0 spiro atoms. The van der Waals surface area contributed by atoms with Crippen LogP contribution in [0.3, 0.4) is 0 Å². The lowest BCUT2D eigenvalue weighted by atomic mass is 10.2. The number of hydrogen-bond acceptors (Lipinski definition) is 4. The van der Waals surface area contributed by atoms with Gasteiger partial charge >= 0.3 is 0 Å². The molecule has 2 aromatic rings. The summed E-state index contributed by atoms with van der Waals surface area (Å²) in [5.41, 5.74) is 7.64. The van der Waals surface area contributed by atoms with Gasteiger partial charge in [0.1, 0.15) is 12.0 Å². The van der Waals surface area contributed by atoms with Gasteiger partial charge < -0.3 is 20.2 Å². The summed E-state index contributed by atoms with van der Waals surface area (Å²) in [5, 5.41) is 2.82. The lowest BCUT2D eigenvalue weighted by Gasteiger charge is -2.06. The van der Waals surface area contributed by atoms with Gasteiger partial charge in [0, 0.05) is 12.3 Å². The van der Waals surface area contributed by atoms with E-state index >= 15 is 0 Å².